The van der Waals surface area contributed by atoms with Crippen LogP contribution in [0.1, 0.15) is 106 Å². The zero-order valence-electron chi connectivity index (χ0n) is 38.7. The molecule has 27 atom stereocenters. The maximum Gasteiger partial charge on any atom is 0.302 e. The zero-order valence-corrected chi connectivity index (χ0v) is 38.7. The highest BCUT2D eigenvalue weighted by Gasteiger charge is 2.69. The maximum absolute atomic E-state index is 12.1. The van der Waals surface area contributed by atoms with Gasteiger partial charge in [-0.3, -0.25) is 4.79 Å². The Labute approximate surface area is 381 Å². The van der Waals surface area contributed by atoms with Crippen LogP contribution < -0.4 is 0 Å². The maximum atomic E-state index is 12.1. The van der Waals surface area contributed by atoms with E-state index in [2.05, 4.69) is 27.7 Å². The third-order valence-electron chi connectivity index (χ3n) is 18.5. The van der Waals surface area contributed by atoms with E-state index in [0.717, 1.165) is 58.5 Å². The molecule has 4 saturated carbocycles. The SMILES string of the molecule is CC(=O)OCC1OC(OC2C(CO)OC(OC3CCC4(C)C(CCC5C4CCC4(C)C5CC5OC6(CCC(C)CO6)C(C)C54)C3)C(OC3OC(C)C(O)C(O)C3O)C2O)C(O)C(O)C1O. The number of hydrogen-bond acceptors (Lipinski definition) is 18. The molecule has 8 N–H and O–H groups in total. The van der Waals surface area contributed by atoms with Crippen molar-refractivity contribution in [3.8, 4) is 0 Å². The molecule has 0 radical (unpaired) electrons. The van der Waals surface area contributed by atoms with Gasteiger partial charge in [-0.05, 0) is 111 Å². The summed E-state index contributed by atoms with van der Waals surface area (Å²) in [6, 6.07) is 0. The second kappa shape index (κ2) is 18.5. The van der Waals surface area contributed by atoms with Gasteiger partial charge in [-0.2, -0.15) is 0 Å². The summed E-state index contributed by atoms with van der Waals surface area (Å²) in [6.07, 6.45) is -13.1. The summed E-state index contributed by atoms with van der Waals surface area (Å²) in [5, 5.41) is 87.0. The van der Waals surface area contributed by atoms with Gasteiger partial charge in [-0.1, -0.05) is 27.7 Å². The van der Waals surface area contributed by atoms with E-state index >= 15 is 0 Å². The number of carbonyl (C=O) groups is 1. The Hall–Kier alpha value is -1.17. The minimum absolute atomic E-state index is 0.0903. The summed E-state index contributed by atoms with van der Waals surface area (Å²) in [5.74, 6) is 2.43. The highest BCUT2D eigenvalue weighted by Crippen LogP contribution is 2.71. The first-order valence-electron chi connectivity index (χ1n) is 24.5. The molecule has 1 spiro atoms. The molecule has 372 valence electrons. The number of aliphatic hydroxyl groups excluding tert-OH is 8. The molecular weight excluding hydrogens is 852 g/mol. The van der Waals surface area contributed by atoms with Crippen molar-refractivity contribution < 1.29 is 88.3 Å². The van der Waals surface area contributed by atoms with Gasteiger partial charge in [0, 0.05) is 19.3 Å². The number of hydrogen-bond donors (Lipinski definition) is 8. The Morgan fingerprint density at radius 3 is 2.03 bits per heavy atom. The summed E-state index contributed by atoms with van der Waals surface area (Å²) in [6.45, 7) is 11.9. The van der Waals surface area contributed by atoms with Crippen LogP contribution in [0, 0.1) is 52.3 Å². The van der Waals surface area contributed by atoms with Gasteiger partial charge in [0.2, 0.25) is 0 Å². The number of aliphatic hydroxyl groups is 8. The van der Waals surface area contributed by atoms with E-state index in [4.69, 9.17) is 42.6 Å². The van der Waals surface area contributed by atoms with E-state index in [1.165, 1.54) is 19.8 Å². The van der Waals surface area contributed by atoms with Crippen LogP contribution in [0.4, 0.5) is 0 Å². The monoisotopic (exact) mass is 929 g/mol. The average Bonchev–Trinajstić information content (AvgIpc) is 3.73. The van der Waals surface area contributed by atoms with Crippen LogP contribution in [0.3, 0.4) is 0 Å². The molecule has 5 saturated heterocycles. The Morgan fingerprint density at radius 1 is 0.662 bits per heavy atom. The van der Waals surface area contributed by atoms with Crippen molar-refractivity contribution in [2.24, 2.45) is 52.3 Å². The molecule has 65 heavy (non-hydrogen) atoms. The lowest BCUT2D eigenvalue weighted by atomic mass is 9.44. The molecule has 0 amide bonds. The smallest absolute Gasteiger partial charge is 0.302 e. The molecule has 5 heterocycles. The first-order valence-corrected chi connectivity index (χ1v) is 24.5. The predicted octanol–water partition coefficient (Wildman–Crippen LogP) is 0.865. The molecule has 18 nitrogen and oxygen atoms in total. The fourth-order valence-corrected chi connectivity index (χ4v) is 14.8. The lowest BCUT2D eigenvalue weighted by Crippen LogP contribution is -2.67. The second-order valence-corrected chi connectivity index (χ2v) is 22.1. The molecule has 0 aromatic carbocycles. The molecule has 9 aliphatic rings. The van der Waals surface area contributed by atoms with E-state index in [1.54, 1.807) is 0 Å². The van der Waals surface area contributed by atoms with Gasteiger partial charge >= 0.3 is 5.97 Å². The number of fused-ring (bicyclic) bond motifs is 7. The molecule has 0 aromatic heterocycles. The van der Waals surface area contributed by atoms with Gasteiger partial charge < -0.3 is 83.5 Å². The molecule has 27 unspecified atom stereocenters. The van der Waals surface area contributed by atoms with Crippen LogP contribution in [0.2, 0.25) is 0 Å². The lowest BCUT2D eigenvalue weighted by molar-refractivity contribution is -0.390. The van der Waals surface area contributed by atoms with Gasteiger partial charge in [0.05, 0.1) is 31.5 Å². The van der Waals surface area contributed by atoms with Crippen LogP contribution in [-0.2, 0) is 47.4 Å². The number of esters is 1. The highest BCUT2D eigenvalue weighted by molar-refractivity contribution is 5.65. The van der Waals surface area contributed by atoms with Gasteiger partial charge in [-0.15, -0.1) is 0 Å². The predicted molar refractivity (Wildman–Crippen MR) is 224 cm³/mol. The summed E-state index contributed by atoms with van der Waals surface area (Å²) >= 11 is 0. The van der Waals surface area contributed by atoms with Crippen LogP contribution in [-0.4, -0.2) is 177 Å². The van der Waals surface area contributed by atoms with E-state index in [-0.39, 0.29) is 23.0 Å². The summed E-state index contributed by atoms with van der Waals surface area (Å²) in [5.41, 5.74) is 0.298. The van der Waals surface area contributed by atoms with Gasteiger partial charge in [-0.25, -0.2) is 0 Å². The third kappa shape index (κ3) is 8.45. The second-order valence-electron chi connectivity index (χ2n) is 22.1. The van der Waals surface area contributed by atoms with Gasteiger partial charge in [0.1, 0.15) is 73.8 Å². The molecule has 0 aromatic rings. The Balaban J connectivity index is 0.898. The van der Waals surface area contributed by atoms with Crippen molar-refractivity contribution in [2.75, 3.05) is 19.8 Å². The van der Waals surface area contributed by atoms with E-state index in [9.17, 15) is 45.6 Å². The largest absolute Gasteiger partial charge is 0.463 e. The van der Waals surface area contributed by atoms with E-state index in [0.29, 0.717) is 47.8 Å². The third-order valence-corrected chi connectivity index (χ3v) is 18.5. The quantitative estimate of drug-likeness (QED) is 0.118. The van der Waals surface area contributed by atoms with Crippen molar-refractivity contribution in [1.29, 1.82) is 0 Å². The van der Waals surface area contributed by atoms with Crippen molar-refractivity contribution >= 4 is 5.97 Å². The average molecular weight is 929 g/mol. The zero-order chi connectivity index (χ0) is 46.5. The first-order chi connectivity index (χ1) is 30.8. The minimum atomic E-state index is -1.85. The number of carbonyl (C=O) groups excluding carboxylic acids is 1. The summed E-state index contributed by atoms with van der Waals surface area (Å²) < 4.78 is 55.4. The van der Waals surface area contributed by atoms with E-state index < -0.39 is 117 Å². The minimum Gasteiger partial charge on any atom is -0.463 e. The molecule has 9 fully saturated rings. The summed E-state index contributed by atoms with van der Waals surface area (Å²) in [7, 11) is 0. The van der Waals surface area contributed by atoms with Crippen LogP contribution in [0.5, 0.6) is 0 Å². The van der Waals surface area contributed by atoms with Crippen molar-refractivity contribution in [2.45, 2.75) is 216 Å². The van der Waals surface area contributed by atoms with Crippen LogP contribution in [0.25, 0.3) is 0 Å². The topological polar surface area (TPSA) is 262 Å². The fraction of sp³-hybridized carbons (Fsp3) is 0.979. The number of ether oxygens (including phenoxy) is 9. The molecular formula is C47H76O18. The lowest BCUT2D eigenvalue weighted by Gasteiger charge is -2.61. The fourth-order valence-electron chi connectivity index (χ4n) is 14.8. The molecule has 5 aliphatic heterocycles. The van der Waals surface area contributed by atoms with Crippen LogP contribution >= 0.6 is 0 Å². The van der Waals surface area contributed by atoms with Crippen molar-refractivity contribution in [3.63, 3.8) is 0 Å². The molecule has 9 rings (SSSR count). The Kier molecular flexibility index (Phi) is 13.9. The van der Waals surface area contributed by atoms with Crippen molar-refractivity contribution in [3.05, 3.63) is 0 Å². The normalized spacial score (nSPS) is 56.6. The first kappa shape index (κ1) is 48.8. The van der Waals surface area contributed by atoms with Gasteiger partial charge in [0.15, 0.2) is 24.7 Å². The Morgan fingerprint density at radius 2 is 1.34 bits per heavy atom. The van der Waals surface area contributed by atoms with Gasteiger partial charge in [0.25, 0.3) is 0 Å². The molecule has 0 bridgehead atoms. The highest BCUT2D eigenvalue weighted by atomic mass is 16.8. The van der Waals surface area contributed by atoms with E-state index in [1.807, 2.05) is 0 Å². The standard InChI is InChI=1S/C47H76O18/c1-20-9-14-47(58-18-20)21(2)32-29(65-47)16-28-26-8-7-24-15-25(10-12-45(24,5)27(26)11-13-46(28,32)6)60-44-41(64-42-37(54)35(52)33(50)22(3)59-42)39(56)40(30(17-48)61-44)63-43-38(55)36(53)34(51)31(62-43)19-57-23(4)49/h20-22,24-44,48,50-56H,7-19H2,1-6H3. The van der Waals surface area contributed by atoms with Crippen molar-refractivity contribution in [1.82, 2.24) is 0 Å². The molecule has 4 aliphatic carbocycles. The molecule has 18 heteroatoms. The van der Waals surface area contributed by atoms with Crippen LogP contribution in [0.15, 0.2) is 0 Å². The number of rotatable bonds is 9. The Bertz CT molecular complexity index is 1670. The summed E-state index contributed by atoms with van der Waals surface area (Å²) in [4.78, 5) is 11.5.